The van der Waals surface area contributed by atoms with Crippen LogP contribution in [0.1, 0.15) is 12.0 Å². The Hall–Kier alpha value is -1.61. The van der Waals surface area contributed by atoms with Crippen LogP contribution < -0.4 is 0 Å². The smallest absolute Gasteiger partial charge is 0.246 e. The van der Waals surface area contributed by atoms with Gasteiger partial charge in [0.2, 0.25) is 5.91 Å². The van der Waals surface area contributed by atoms with Crippen LogP contribution in [0.3, 0.4) is 0 Å². The lowest BCUT2D eigenvalue weighted by Crippen LogP contribution is -2.48. The first-order valence-corrected chi connectivity index (χ1v) is 6.59. The van der Waals surface area contributed by atoms with Crippen LogP contribution in [-0.4, -0.2) is 47.9 Å². The van der Waals surface area contributed by atoms with Gasteiger partial charge in [-0.15, -0.1) is 0 Å². The fourth-order valence-electron chi connectivity index (χ4n) is 2.82. The molecular weight excluding hydrogens is 224 g/mol. The molecule has 3 heteroatoms. The molecule has 2 fully saturated rings. The van der Waals surface area contributed by atoms with Crippen molar-refractivity contribution in [2.75, 3.05) is 26.2 Å². The fraction of sp³-hybridized carbons (Fsp3) is 0.400. The largest absolute Gasteiger partial charge is 0.334 e. The topological polar surface area (TPSA) is 23.6 Å². The molecule has 0 spiro atoms. The first-order valence-electron chi connectivity index (χ1n) is 6.59. The average Bonchev–Trinajstić information content (AvgIpc) is 2.79. The third kappa shape index (κ3) is 2.31. The zero-order valence-corrected chi connectivity index (χ0v) is 10.5. The normalized spacial score (nSPS) is 26.8. The maximum absolute atomic E-state index is 12.2. The third-order valence-corrected chi connectivity index (χ3v) is 3.85. The van der Waals surface area contributed by atoms with Crippen molar-refractivity contribution in [2.24, 2.45) is 0 Å². The van der Waals surface area contributed by atoms with Gasteiger partial charge in [-0.05, 0) is 18.1 Å². The summed E-state index contributed by atoms with van der Waals surface area (Å²) in [7, 11) is 0. The maximum Gasteiger partial charge on any atom is 0.246 e. The van der Waals surface area contributed by atoms with E-state index in [4.69, 9.17) is 0 Å². The van der Waals surface area contributed by atoms with E-state index in [9.17, 15) is 4.79 Å². The number of piperazine rings is 1. The summed E-state index contributed by atoms with van der Waals surface area (Å²) in [6, 6.07) is 10.4. The zero-order chi connectivity index (χ0) is 12.4. The Morgan fingerprint density at radius 2 is 2.00 bits per heavy atom. The Morgan fingerprint density at radius 3 is 2.83 bits per heavy atom. The molecule has 2 bridgehead atoms. The molecule has 2 unspecified atom stereocenters. The van der Waals surface area contributed by atoms with Gasteiger partial charge in [0.25, 0.3) is 0 Å². The molecule has 1 aromatic rings. The van der Waals surface area contributed by atoms with Crippen molar-refractivity contribution in [3.8, 4) is 0 Å². The lowest BCUT2D eigenvalue weighted by atomic mass is 10.1. The molecule has 94 valence electrons. The van der Waals surface area contributed by atoms with E-state index in [0.29, 0.717) is 6.04 Å². The Bertz CT molecular complexity index is 455. The summed E-state index contributed by atoms with van der Waals surface area (Å²) < 4.78 is 0. The molecule has 18 heavy (non-hydrogen) atoms. The second-order valence-corrected chi connectivity index (χ2v) is 5.02. The molecule has 0 N–H and O–H groups in total. The van der Waals surface area contributed by atoms with Crippen molar-refractivity contribution in [1.82, 2.24) is 9.80 Å². The van der Waals surface area contributed by atoms with Gasteiger partial charge < -0.3 is 4.90 Å². The van der Waals surface area contributed by atoms with Crippen LogP contribution in [-0.2, 0) is 4.79 Å². The number of hydrogen-bond acceptors (Lipinski definition) is 2. The highest BCUT2D eigenvalue weighted by molar-refractivity contribution is 5.92. The molecule has 2 aliphatic heterocycles. The third-order valence-electron chi connectivity index (χ3n) is 3.85. The second-order valence-electron chi connectivity index (χ2n) is 5.02. The van der Waals surface area contributed by atoms with Crippen molar-refractivity contribution < 1.29 is 4.79 Å². The van der Waals surface area contributed by atoms with E-state index >= 15 is 0 Å². The van der Waals surface area contributed by atoms with Crippen LogP contribution in [0.25, 0.3) is 6.08 Å². The van der Waals surface area contributed by atoms with Crippen molar-refractivity contribution in [1.29, 1.82) is 0 Å². The average molecular weight is 242 g/mol. The van der Waals surface area contributed by atoms with Crippen molar-refractivity contribution in [3.63, 3.8) is 0 Å². The van der Waals surface area contributed by atoms with Crippen molar-refractivity contribution >= 4 is 12.0 Å². The highest BCUT2D eigenvalue weighted by atomic mass is 16.2. The summed E-state index contributed by atoms with van der Waals surface area (Å²) in [5.74, 6) is 0.158. The summed E-state index contributed by atoms with van der Waals surface area (Å²) in [5, 5.41) is 0. The predicted octanol–water partition coefficient (Wildman–Crippen LogP) is 1.62. The quantitative estimate of drug-likeness (QED) is 0.736. The molecule has 2 saturated heterocycles. The van der Waals surface area contributed by atoms with Gasteiger partial charge >= 0.3 is 0 Å². The molecule has 0 aliphatic carbocycles. The van der Waals surface area contributed by atoms with E-state index in [0.717, 1.165) is 38.2 Å². The van der Waals surface area contributed by atoms with Crippen LogP contribution in [0, 0.1) is 0 Å². The monoisotopic (exact) mass is 242 g/mol. The minimum atomic E-state index is 0.158. The second kappa shape index (κ2) is 4.94. The highest BCUT2D eigenvalue weighted by Crippen LogP contribution is 2.20. The van der Waals surface area contributed by atoms with Gasteiger partial charge in [0.15, 0.2) is 0 Å². The summed E-state index contributed by atoms with van der Waals surface area (Å²) in [6.45, 7) is 4.12. The van der Waals surface area contributed by atoms with Crippen LogP contribution in [0.4, 0.5) is 0 Å². The number of benzene rings is 1. The minimum Gasteiger partial charge on any atom is -0.334 e. The van der Waals surface area contributed by atoms with Crippen LogP contribution in [0.2, 0.25) is 0 Å². The number of rotatable bonds is 2. The lowest BCUT2D eigenvalue weighted by molar-refractivity contribution is -0.129. The van der Waals surface area contributed by atoms with E-state index in [1.54, 1.807) is 6.08 Å². The SMILES string of the molecule is O=C(C=Cc1ccccc1)N1CCN2CCC1C2. The highest BCUT2D eigenvalue weighted by Gasteiger charge is 2.33. The van der Waals surface area contributed by atoms with E-state index in [1.165, 1.54) is 0 Å². The molecule has 2 heterocycles. The maximum atomic E-state index is 12.2. The first-order chi connectivity index (χ1) is 8.83. The number of hydrogen-bond donors (Lipinski definition) is 0. The van der Waals surface area contributed by atoms with E-state index in [-0.39, 0.29) is 5.91 Å². The Balaban J connectivity index is 1.66. The molecule has 0 aromatic heterocycles. The van der Waals surface area contributed by atoms with Crippen molar-refractivity contribution in [3.05, 3.63) is 42.0 Å². The number of fused-ring (bicyclic) bond motifs is 2. The summed E-state index contributed by atoms with van der Waals surface area (Å²) >= 11 is 0. The first kappa shape index (κ1) is 11.5. The molecule has 2 aliphatic rings. The summed E-state index contributed by atoms with van der Waals surface area (Å²) in [6.07, 6.45) is 4.75. The van der Waals surface area contributed by atoms with Gasteiger partial charge in [0.1, 0.15) is 0 Å². The molecule has 1 aromatic carbocycles. The lowest BCUT2D eigenvalue weighted by Gasteiger charge is -2.33. The Kier molecular flexibility index (Phi) is 3.15. The van der Waals surface area contributed by atoms with E-state index < -0.39 is 0 Å². The van der Waals surface area contributed by atoms with Crippen molar-refractivity contribution in [2.45, 2.75) is 12.5 Å². The molecule has 3 rings (SSSR count). The minimum absolute atomic E-state index is 0.158. The van der Waals surface area contributed by atoms with E-state index in [2.05, 4.69) is 4.90 Å². The number of carbonyl (C=O) groups is 1. The molecule has 0 saturated carbocycles. The summed E-state index contributed by atoms with van der Waals surface area (Å²) in [5.41, 5.74) is 1.08. The molecule has 1 amide bonds. The Morgan fingerprint density at radius 1 is 1.17 bits per heavy atom. The Labute approximate surface area is 108 Å². The van der Waals surface area contributed by atoms with Crippen LogP contribution >= 0.6 is 0 Å². The van der Waals surface area contributed by atoms with Gasteiger partial charge in [-0.2, -0.15) is 0 Å². The summed E-state index contributed by atoms with van der Waals surface area (Å²) in [4.78, 5) is 16.7. The molecule has 0 radical (unpaired) electrons. The standard InChI is InChI=1S/C15H18N2O/c18-15(7-6-13-4-2-1-3-5-13)17-11-10-16-9-8-14(17)12-16/h1-7,14H,8-12H2. The fourth-order valence-corrected chi connectivity index (χ4v) is 2.82. The van der Waals surface area contributed by atoms with Gasteiger partial charge in [-0.25, -0.2) is 0 Å². The van der Waals surface area contributed by atoms with Gasteiger partial charge in [-0.3, -0.25) is 9.69 Å². The van der Waals surface area contributed by atoms with Gasteiger partial charge in [-0.1, -0.05) is 30.3 Å². The van der Waals surface area contributed by atoms with Crippen LogP contribution in [0.15, 0.2) is 36.4 Å². The predicted molar refractivity (Wildman–Crippen MR) is 72.0 cm³/mol. The zero-order valence-electron chi connectivity index (χ0n) is 10.5. The van der Waals surface area contributed by atoms with Crippen LogP contribution in [0.5, 0.6) is 0 Å². The number of nitrogens with zero attached hydrogens (tertiary/aromatic N) is 2. The molecular formula is C15H18N2O. The molecule has 2 atom stereocenters. The number of amides is 1. The molecule has 3 nitrogen and oxygen atoms in total. The van der Waals surface area contributed by atoms with E-state index in [1.807, 2.05) is 41.3 Å². The van der Waals surface area contributed by atoms with Gasteiger partial charge in [0.05, 0.1) is 0 Å². The van der Waals surface area contributed by atoms with Gasteiger partial charge in [0, 0.05) is 38.3 Å². The number of carbonyl (C=O) groups excluding carboxylic acids is 1.